The van der Waals surface area contributed by atoms with Gasteiger partial charge in [0.05, 0.1) is 26.0 Å². The molecule has 8 heteroatoms. The van der Waals surface area contributed by atoms with E-state index < -0.39 is 0 Å². The molecular formula is C22H35IN4O3. The van der Waals surface area contributed by atoms with Gasteiger partial charge < -0.3 is 24.5 Å². The van der Waals surface area contributed by atoms with Crippen molar-refractivity contribution < 1.29 is 13.9 Å². The Morgan fingerprint density at radius 1 is 1.03 bits per heavy atom. The van der Waals surface area contributed by atoms with E-state index in [-0.39, 0.29) is 24.0 Å². The molecular weight excluding hydrogens is 495 g/mol. The lowest BCUT2D eigenvalue weighted by atomic mass is 10.1. The maximum Gasteiger partial charge on any atom is 0.191 e. The summed E-state index contributed by atoms with van der Waals surface area (Å²) in [6.07, 6.45) is 2.63. The molecule has 7 nitrogen and oxygen atoms in total. The summed E-state index contributed by atoms with van der Waals surface area (Å²) in [6, 6.07) is 12.4. The average molecular weight is 530 g/mol. The summed E-state index contributed by atoms with van der Waals surface area (Å²) in [7, 11) is 5.56. The van der Waals surface area contributed by atoms with E-state index in [4.69, 9.17) is 13.9 Å². The first-order chi connectivity index (χ1) is 14.2. The number of benzene rings is 1. The van der Waals surface area contributed by atoms with Gasteiger partial charge in [0.15, 0.2) is 5.96 Å². The normalized spacial score (nSPS) is 11.4. The highest BCUT2D eigenvalue weighted by Crippen LogP contribution is 2.13. The van der Waals surface area contributed by atoms with Crippen molar-refractivity contribution in [2.24, 2.45) is 4.99 Å². The van der Waals surface area contributed by atoms with Crippen molar-refractivity contribution in [3.05, 3.63) is 59.5 Å². The van der Waals surface area contributed by atoms with Gasteiger partial charge in [-0.1, -0.05) is 24.3 Å². The van der Waals surface area contributed by atoms with Gasteiger partial charge in [-0.3, -0.25) is 9.89 Å². The molecule has 0 radical (unpaired) electrons. The number of methoxy groups -OCH3 is 1. The maximum absolute atomic E-state index is 5.47. The van der Waals surface area contributed by atoms with Crippen molar-refractivity contribution >= 4 is 29.9 Å². The summed E-state index contributed by atoms with van der Waals surface area (Å²) in [5.41, 5.74) is 2.54. The number of nitrogens with zero attached hydrogens (tertiary/aromatic N) is 2. The monoisotopic (exact) mass is 530 g/mol. The molecule has 0 spiro atoms. The summed E-state index contributed by atoms with van der Waals surface area (Å²) in [6.45, 7) is 5.13. The van der Waals surface area contributed by atoms with E-state index in [0.29, 0.717) is 19.8 Å². The Bertz CT molecular complexity index is 710. The third-order valence-corrected chi connectivity index (χ3v) is 4.42. The van der Waals surface area contributed by atoms with E-state index in [1.54, 1.807) is 20.4 Å². The average Bonchev–Trinajstić information content (AvgIpc) is 3.23. The molecule has 2 rings (SSSR count). The van der Waals surface area contributed by atoms with Gasteiger partial charge in [-0.25, -0.2) is 0 Å². The predicted octanol–water partition coefficient (Wildman–Crippen LogP) is 3.25. The molecule has 0 aliphatic heterocycles. The van der Waals surface area contributed by atoms with Gasteiger partial charge in [-0.05, 0) is 36.7 Å². The lowest BCUT2D eigenvalue weighted by Crippen LogP contribution is -2.37. The Morgan fingerprint density at radius 2 is 1.83 bits per heavy atom. The first-order valence-electron chi connectivity index (χ1n) is 10.0. The molecule has 30 heavy (non-hydrogen) atoms. The Labute approximate surface area is 197 Å². The fraction of sp³-hybridized carbons (Fsp3) is 0.500. The second-order valence-electron chi connectivity index (χ2n) is 6.83. The van der Waals surface area contributed by atoms with E-state index in [0.717, 1.165) is 44.3 Å². The summed E-state index contributed by atoms with van der Waals surface area (Å²) in [5, 5.41) is 6.72. The van der Waals surface area contributed by atoms with Gasteiger partial charge in [0.25, 0.3) is 0 Å². The predicted molar refractivity (Wildman–Crippen MR) is 131 cm³/mol. The highest BCUT2D eigenvalue weighted by Gasteiger charge is 2.08. The Kier molecular flexibility index (Phi) is 14.2. The van der Waals surface area contributed by atoms with Crippen LogP contribution >= 0.6 is 24.0 Å². The highest BCUT2D eigenvalue weighted by atomic mass is 127. The Hall–Kier alpha value is -1.62. The summed E-state index contributed by atoms with van der Waals surface area (Å²) in [4.78, 5) is 6.55. The molecule has 2 aromatic rings. The quantitative estimate of drug-likeness (QED) is 0.179. The van der Waals surface area contributed by atoms with Crippen LogP contribution in [0.4, 0.5) is 0 Å². The molecule has 1 aromatic carbocycles. The molecule has 0 aliphatic rings. The molecule has 2 N–H and O–H groups in total. The second-order valence-corrected chi connectivity index (χ2v) is 6.83. The molecule has 1 aromatic heterocycles. The van der Waals surface area contributed by atoms with E-state index in [1.807, 2.05) is 12.1 Å². The lowest BCUT2D eigenvalue weighted by Gasteiger charge is -2.19. The molecule has 0 bridgehead atoms. The van der Waals surface area contributed by atoms with Gasteiger partial charge in [0.1, 0.15) is 5.76 Å². The van der Waals surface area contributed by atoms with Crippen LogP contribution in [0, 0.1) is 0 Å². The van der Waals surface area contributed by atoms with E-state index in [1.165, 1.54) is 11.1 Å². The number of guanidine groups is 1. The van der Waals surface area contributed by atoms with Crippen LogP contribution in [0.3, 0.4) is 0 Å². The summed E-state index contributed by atoms with van der Waals surface area (Å²) < 4.78 is 15.9. The number of ether oxygens (including phenoxy) is 2. The first-order valence-corrected chi connectivity index (χ1v) is 10.0. The van der Waals surface area contributed by atoms with Crippen LogP contribution in [0.15, 0.2) is 52.1 Å². The fourth-order valence-electron chi connectivity index (χ4n) is 2.92. The lowest BCUT2D eigenvalue weighted by molar-refractivity contribution is 0.0698. The fourth-order valence-corrected chi connectivity index (χ4v) is 2.92. The molecule has 0 aliphatic carbocycles. The van der Waals surface area contributed by atoms with E-state index >= 15 is 0 Å². The number of rotatable bonds is 13. The van der Waals surface area contributed by atoms with Gasteiger partial charge in [0.2, 0.25) is 0 Å². The van der Waals surface area contributed by atoms with Crippen LogP contribution in [0.2, 0.25) is 0 Å². The SMILES string of the molecule is CN=C(NCCCOCCOC)NCc1ccccc1CN(C)Cc1ccco1.I. The van der Waals surface area contributed by atoms with Gasteiger partial charge in [-0.15, -0.1) is 24.0 Å². The first kappa shape index (κ1) is 26.4. The van der Waals surface area contributed by atoms with Gasteiger partial charge in [0, 0.05) is 40.4 Å². The molecule has 1 heterocycles. The molecule has 168 valence electrons. The van der Waals surface area contributed by atoms with Crippen LogP contribution in [0.25, 0.3) is 0 Å². The second kappa shape index (κ2) is 16.1. The van der Waals surface area contributed by atoms with Crippen molar-refractivity contribution in [3.8, 4) is 0 Å². The van der Waals surface area contributed by atoms with Crippen LogP contribution in [-0.4, -0.2) is 58.4 Å². The standard InChI is InChI=1S/C22H34N4O3.HI/c1-23-22(24-11-7-12-28-15-14-27-3)25-16-19-8-4-5-9-20(19)17-26(2)18-21-10-6-13-29-21;/h4-6,8-10,13H,7,11-12,14-18H2,1-3H3,(H2,23,24,25);1H. The van der Waals surface area contributed by atoms with Crippen LogP contribution in [0.5, 0.6) is 0 Å². The largest absolute Gasteiger partial charge is 0.468 e. The Morgan fingerprint density at radius 3 is 2.53 bits per heavy atom. The van der Waals surface area contributed by atoms with Crippen molar-refractivity contribution in [2.45, 2.75) is 26.1 Å². The molecule has 0 fully saturated rings. The van der Waals surface area contributed by atoms with Gasteiger partial charge in [-0.2, -0.15) is 0 Å². The van der Waals surface area contributed by atoms with Crippen LogP contribution < -0.4 is 10.6 Å². The van der Waals surface area contributed by atoms with Crippen molar-refractivity contribution in [3.63, 3.8) is 0 Å². The zero-order valence-corrected chi connectivity index (χ0v) is 20.6. The highest BCUT2D eigenvalue weighted by molar-refractivity contribution is 14.0. The van der Waals surface area contributed by atoms with Crippen LogP contribution in [-0.2, 0) is 29.1 Å². The number of hydrogen-bond donors (Lipinski definition) is 2. The summed E-state index contributed by atoms with van der Waals surface area (Å²) in [5.74, 6) is 1.76. The zero-order chi connectivity index (χ0) is 20.7. The Balaban J connectivity index is 0.00000450. The van der Waals surface area contributed by atoms with Gasteiger partial charge >= 0.3 is 0 Å². The topological polar surface area (TPSA) is 71.3 Å². The number of halogens is 1. The molecule has 0 saturated carbocycles. The third kappa shape index (κ3) is 10.4. The third-order valence-electron chi connectivity index (χ3n) is 4.42. The number of furan rings is 1. The van der Waals surface area contributed by atoms with Crippen molar-refractivity contribution in [1.82, 2.24) is 15.5 Å². The van der Waals surface area contributed by atoms with Crippen molar-refractivity contribution in [1.29, 1.82) is 0 Å². The minimum atomic E-state index is 0. The molecule has 0 atom stereocenters. The molecule has 0 amide bonds. The summed E-state index contributed by atoms with van der Waals surface area (Å²) >= 11 is 0. The van der Waals surface area contributed by atoms with E-state index in [9.17, 15) is 0 Å². The number of aliphatic imine (C=N–C) groups is 1. The number of hydrogen-bond acceptors (Lipinski definition) is 5. The number of nitrogens with one attached hydrogen (secondary N) is 2. The van der Waals surface area contributed by atoms with E-state index in [2.05, 4.69) is 51.8 Å². The smallest absolute Gasteiger partial charge is 0.191 e. The molecule has 0 saturated heterocycles. The minimum Gasteiger partial charge on any atom is -0.468 e. The minimum absolute atomic E-state index is 0. The molecule has 0 unspecified atom stereocenters. The van der Waals surface area contributed by atoms with Crippen molar-refractivity contribution in [2.75, 3.05) is 47.6 Å². The zero-order valence-electron chi connectivity index (χ0n) is 18.2. The van der Waals surface area contributed by atoms with Crippen LogP contribution in [0.1, 0.15) is 23.3 Å². The maximum atomic E-state index is 5.47.